The molecule has 0 radical (unpaired) electrons. The van der Waals surface area contributed by atoms with Gasteiger partial charge in [0, 0.05) is 25.7 Å². The Kier molecular flexibility index (Phi) is 4.05. The Balaban J connectivity index is 1.85. The summed E-state index contributed by atoms with van der Waals surface area (Å²) in [6, 6.07) is 1.59. The summed E-state index contributed by atoms with van der Waals surface area (Å²) in [5.74, 6) is 0. The van der Waals surface area contributed by atoms with E-state index in [2.05, 4.69) is 28.8 Å². The van der Waals surface area contributed by atoms with Gasteiger partial charge in [-0.1, -0.05) is 18.3 Å². The lowest BCUT2D eigenvalue weighted by atomic mass is 10.2. The Morgan fingerprint density at radius 3 is 2.76 bits per heavy atom. The van der Waals surface area contributed by atoms with E-state index in [-0.39, 0.29) is 17.8 Å². The summed E-state index contributed by atoms with van der Waals surface area (Å²) in [6.45, 7) is 8.60. The van der Waals surface area contributed by atoms with Crippen LogP contribution in [0, 0.1) is 0 Å². The molecule has 0 unspecified atom stereocenters. The van der Waals surface area contributed by atoms with Crippen molar-refractivity contribution in [2.45, 2.75) is 45.9 Å². The van der Waals surface area contributed by atoms with E-state index in [1.54, 1.807) is 6.07 Å². The average Bonchev–Trinajstić information content (AvgIpc) is 2.81. The van der Waals surface area contributed by atoms with Gasteiger partial charge in [-0.15, -0.1) is 0 Å². The van der Waals surface area contributed by atoms with Crippen molar-refractivity contribution in [1.82, 2.24) is 19.5 Å². The van der Waals surface area contributed by atoms with Crippen LogP contribution >= 0.6 is 11.3 Å². The molecule has 2 aromatic heterocycles. The van der Waals surface area contributed by atoms with Gasteiger partial charge in [0.25, 0.3) is 5.56 Å². The Morgan fingerprint density at radius 1 is 1.38 bits per heavy atom. The third-order valence-electron chi connectivity index (χ3n) is 3.52. The molecule has 1 fully saturated rings. The van der Waals surface area contributed by atoms with Crippen LogP contribution in [0.3, 0.4) is 0 Å². The van der Waals surface area contributed by atoms with Gasteiger partial charge >= 0.3 is 0 Å². The van der Waals surface area contributed by atoms with Gasteiger partial charge in [-0.05, 0) is 20.3 Å². The lowest BCUT2D eigenvalue weighted by Crippen LogP contribution is -2.45. The molecular formula is C14H20N4O2S. The van der Waals surface area contributed by atoms with E-state index >= 15 is 0 Å². The maximum Gasteiger partial charge on any atom is 0.275 e. The van der Waals surface area contributed by atoms with E-state index in [4.69, 9.17) is 4.74 Å². The molecule has 0 N–H and O–H groups in total. The number of ether oxygens (including phenoxy) is 1. The number of nitrogens with zero attached hydrogens (tertiary/aromatic N) is 4. The molecule has 6 nitrogen and oxygen atoms in total. The molecule has 0 bridgehead atoms. The van der Waals surface area contributed by atoms with E-state index < -0.39 is 0 Å². The monoisotopic (exact) mass is 308 g/mol. The van der Waals surface area contributed by atoms with Gasteiger partial charge < -0.3 is 4.74 Å². The number of rotatable bonds is 3. The van der Waals surface area contributed by atoms with Crippen LogP contribution in [0.1, 0.15) is 31.5 Å². The van der Waals surface area contributed by atoms with Crippen molar-refractivity contribution in [2.24, 2.45) is 0 Å². The highest BCUT2D eigenvalue weighted by Crippen LogP contribution is 2.15. The maximum absolute atomic E-state index is 12.1. The number of aryl methyl sites for hydroxylation is 1. The molecule has 1 aliphatic rings. The zero-order chi connectivity index (χ0) is 15.0. The zero-order valence-electron chi connectivity index (χ0n) is 12.6. The van der Waals surface area contributed by atoms with Crippen LogP contribution in [0.4, 0.5) is 0 Å². The highest BCUT2D eigenvalue weighted by atomic mass is 32.1. The lowest BCUT2D eigenvalue weighted by Gasteiger charge is -2.34. The largest absolute Gasteiger partial charge is 0.373 e. The second kappa shape index (κ2) is 5.82. The van der Waals surface area contributed by atoms with Crippen molar-refractivity contribution >= 4 is 16.3 Å². The highest BCUT2D eigenvalue weighted by Gasteiger charge is 2.22. The van der Waals surface area contributed by atoms with Crippen LogP contribution in [0.25, 0.3) is 4.96 Å². The topological polar surface area (TPSA) is 59.7 Å². The summed E-state index contributed by atoms with van der Waals surface area (Å²) in [6.07, 6.45) is 1.25. The van der Waals surface area contributed by atoms with Crippen molar-refractivity contribution < 1.29 is 4.74 Å². The van der Waals surface area contributed by atoms with Crippen LogP contribution < -0.4 is 5.56 Å². The summed E-state index contributed by atoms with van der Waals surface area (Å²) in [7, 11) is 0. The molecule has 1 saturated heterocycles. The quantitative estimate of drug-likeness (QED) is 0.856. The number of hydrogen-bond acceptors (Lipinski definition) is 6. The van der Waals surface area contributed by atoms with Crippen LogP contribution in [0.15, 0.2) is 10.9 Å². The first-order valence-corrected chi connectivity index (χ1v) is 8.13. The number of aromatic nitrogens is 3. The second-order valence-electron chi connectivity index (χ2n) is 5.58. The summed E-state index contributed by atoms with van der Waals surface area (Å²) >= 11 is 1.49. The predicted octanol–water partition coefficient (Wildman–Crippen LogP) is 1.32. The number of fused-ring (bicyclic) bond motifs is 1. The predicted molar refractivity (Wildman–Crippen MR) is 81.8 cm³/mol. The fraction of sp³-hybridized carbons (Fsp3) is 0.643. The van der Waals surface area contributed by atoms with Crippen molar-refractivity contribution in [3.8, 4) is 0 Å². The normalized spacial score (nSPS) is 23.8. The van der Waals surface area contributed by atoms with Crippen LogP contribution in [0.2, 0.25) is 0 Å². The number of morpholine rings is 1. The number of hydrogen-bond donors (Lipinski definition) is 0. The molecule has 2 aromatic rings. The standard InChI is InChI=1S/C14H20N4O2S/c1-4-12-16-18-13(19)5-11(15-14(18)21-12)8-17-6-9(2)20-10(3)7-17/h5,9-10H,4,6-8H2,1-3H3/t9-,10+. The van der Waals surface area contributed by atoms with Gasteiger partial charge in [-0.25, -0.2) is 4.98 Å². The maximum atomic E-state index is 12.1. The van der Waals surface area contributed by atoms with Gasteiger partial charge in [0.15, 0.2) is 0 Å². The molecular weight excluding hydrogens is 288 g/mol. The zero-order valence-corrected chi connectivity index (χ0v) is 13.4. The van der Waals surface area contributed by atoms with Crippen molar-refractivity contribution in [3.63, 3.8) is 0 Å². The van der Waals surface area contributed by atoms with Crippen molar-refractivity contribution in [3.05, 3.63) is 27.1 Å². The smallest absolute Gasteiger partial charge is 0.275 e. The van der Waals surface area contributed by atoms with E-state index in [1.807, 2.05) is 6.92 Å². The summed E-state index contributed by atoms with van der Waals surface area (Å²) in [5, 5.41) is 5.20. The molecule has 3 rings (SSSR count). The minimum absolute atomic E-state index is 0.0969. The van der Waals surface area contributed by atoms with E-state index in [1.165, 1.54) is 15.9 Å². The van der Waals surface area contributed by atoms with Gasteiger partial charge in [-0.2, -0.15) is 9.61 Å². The SMILES string of the molecule is CCc1nn2c(=O)cc(CN3C[C@@H](C)O[C@@H](C)C3)nc2s1. The summed E-state index contributed by atoms with van der Waals surface area (Å²) in [5.41, 5.74) is 0.716. The van der Waals surface area contributed by atoms with E-state index in [0.717, 1.165) is 30.2 Å². The van der Waals surface area contributed by atoms with Crippen LogP contribution in [-0.2, 0) is 17.7 Å². The molecule has 7 heteroatoms. The van der Waals surface area contributed by atoms with Crippen molar-refractivity contribution in [2.75, 3.05) is 13.1 Å². The van der Waals surface area contributed by atoms with Gasteiger partial charge in [0.2, 0.25) is 4.96 Å². The summed E-state index contributed by atoms with van der Waals surface area (Å²) < 4.78 is 7.13. The van der Waals surface area contributed by atoms with Crippen LogP contribution in [-0.4, -0.2) is 44.8 Å². The van der Waals surface area contributed by atoms with E-state index in [9.17, 15) is 4.79 Å². The first-order chi connectivity index (χ1) is 10.0. The van der Waals surface area contributed by atoms with Gasteiger partial charge in [-0.3, -0.25) is 9.69 Å². The lowest BCUT2D eigenvalue weighted by molar-refractivity contribution is -0.0707. The third-order valence-corrected chi connectivity index (χ3v) is 4.58. The Morgan fingerprint density at radius 2 is 2.10 bits per heavy atom. The first kappa shape index (κ1) is 14.6. The summed E-state index contributed by atoms with van der Waals surface area (Å²) in [4.78, 5) is 19.7. The molecule has 1 aliphatic heterocycles. The Hall–Kier alpha value is -1.31. The molecule has 0 aromatic carbocycles. The minimum atomic E-state index is -0.0969. The second-order valence-corrected chi connectivity index (χ2v) is 6.62. The minimum Gasteiger partial charge on any atom is -0.373 e. The first-order valence-electron chi connectivity index (χ1n) is 7.31. The molecule has 0 aliphatic carbocycles. The molecule has 21 heavy (non-hydrogen) atoms. The Labute approximate surface area is 127 Å². The molecule has 2 atom stereocenters. The highest BCUT2D eigenvalue weighted by molar-refractivity contribution is 7.16. The van der Waals surface area contributed by atoms with Crippen LogP contribution in [0.5, 0.6) is 0 Å². The van der Waals surface area contributed by atoms with Crippen molar-refractivity contribution in [1.29, 1.82) is 0 Å². The molecule has 114 valence electrons. The molecule has 0 spiro atoms. The molecule has 0 amide bonds. The van der Waals surface area contributed by atoms with E-state index in [0.29, 0.717) is 11.5 Å². The average molecular weight is 308 g/mol. The molecule has 3 heterocycles. The fourth-order valence-electron chi connectivity index (χ4n) is 2.76. The fourth-order valence-corrected chi connectivity index (χ4v) is 3.62. The Bertz CT molecular complexity index is 686. The van der Waals surface area contributed by atoms with Gasteiger partial charge in [0.05, 0.1) is 17.9 Å². The molecule has 0 saturated carbocycles. The van der Waals surface area contributed by atoms with Gasteiger partial charge in [0.1, 0.15) is 5.01 Å². The third kappa shape index (κ3) is 3.14.